The van der Waals surface area contributed by atoms with Crippen LogP contribution in [0.3, 0.4) is 0 Å². The lowest BCUT2D eigenvalue weighted by Crippen LogP contribution is -2.40. The summed E-state index contributed by atoms with van der Waals surface area (Å²) >= 11 is 0. The Bertz CT molecular complexity index is 380. The summed E-state index contributed by atoms with van der Waals surface area (Å²) in [6.07, 6.45) is 0. The molecule has 0 bridgehead atoms. The van der Waals surface area contributed by atoms with Gasteiger partial charge in [0.05, 0.1) is 20.9 Å². The number of hydrogen-bond donors (Lipinski definition) is 3. The van der Waals surface area contributed by atoms with Gasteiger partial charge in [-0.3, -0.25) is 5.84 Å². The molecule has 0 unspecified atom stereocenters. The first-order chi connectivity index (χ1) is 8.55. The van der Waals surface area contributed by atoms with Gasteiger partial charge in [-0.05, 0) is 6.07 Å². The summed E-state index contributed by atoms with van der Waals surface area (Å²) in [5.41, 5.74) is 3.65. The molecule has 5 heteroatoms. The summed E-state index contributed by atoms with van der Waals surface area (Å²) in [6, 6.07) is 5.88. The van der Waals surface area contributed by atoms with Crippen molar-refractivity contribution in [2.45, 2.75) is 19.3 Å². The number of nitrogens with one attached hydrogen (secondary N) is 2. The monoisotopic (exact) mass is 253 g/mol. The molecule has 0 radical (unpaired) electrons. The standard InChI is InChI=1S/C13H23N3O2/c1-13(2,8-15-9-16-14)11-6-5-10(17-3)7-12(11)18-4/h5-7,15-16H,8-9,14H2,1-4H3. The van der Waals surface area contributed by atoms with Crippen molar-refractivity contribution in [2.24, 2.45) is 5.84 Å². The van der Waals surface area contributed by atoms with Crippen molar-refractivity contribution in [2.75, 3.05) is 27.4 Å². The summed E-state index contributed by atoms with van der Waals surface area (Å²) < 4.78 is 10.6. The molecular weight excluding hydrogens is 230 g/mol. The van der Waals surface area contributed by atoms with E-state index in [4.69, 9.17) is 15.3 Å². The van der Waals surface area contributed by atoms with E-state index in [0.29, 0.717) is 6.67 Å². The SMILES string of the molecule is COc1ccc(C(C)(C)CNCNN)c(OC)c1. The lowest BCUT2D eigenvalue weighted by atomic mass is 9.84. The second kappa shape index (κ2) is 6.58. The first-order valence-corrected chi connectivity index (χ1v) is 5.92. The first kappa shape index (κ1) is 14.8. The van der Waals surface area contributed by atoms with Gasteiger partial charge in [0.1, 0.15) is 11.5 Å². The van der Waals surface area contributed by atoms with Gasteiger partial charge in [-0.15, -0.1) is 0 Å². The third-order valence-electron chi connectivity index (χ3n) is 2.93. The minimum atomic E-state index is -0.0610. The van der Waals surface area contributed by atoms with Gasteiger partial charge in [-0.1, -0.05) is 19.9 Å². The third-order valence-corrected chi connectivity index (χ3v) is 2.93. The molecule has 0 atom stereocenters. The lowest BCUT2D eigenvalue weighted by Gasteiger charge is -2.27. The Morgan fingerprint density at radius 2 is 1.94 bits per heavy atom. The molecule has 0 aliphatic carbocycles. The van der Waals surface area contributed by atoms with Gasteiger partial charge in [0, 0.05) is 23.6 Å². The van der Waals surface area contributed by atoms with Gasteiger partial charge in [0.15, 0.2) is 0 Å². The molecular formula is C13H23N3O2. The predicted octanol–water partition coefficient (Wildman–Crippen LogP) is 0.992. The van der Waals surface area contributed by atoms with Crippen LogP contribution in [0.25, 0.3) is 0 Å². The minimum absolute atomic E-state index is 0.0610. The van der Waals surface area contributed by atoms with Crippen LogP contribution in [0.1, 0.15) is 19.4 Å². The lowest BCUT2D eigenvalue weighted by molar-refractivity contribution is 0.373. The Morgan fingerprint density at radius 1 is 1.22 bits per heavy atom. The topological polar surface area (TPSA) is 68.5 Å². The average molecular weight is 253 g/mol. The highest BCUT2D eigenvalue weighted by Crippen LogP contribution is 2.33. The van der Waals surface area contributed by atoms with E-state index in [-0.39, 0.29) is 5.41 Å². The zero-order valence-corrected chi connectivity index (χ0v) is 11.5. The van der Waals surface area contributed by atoms with Gasteiger partial charge in [0.2, 0.25) is 0 Å². The van der Waals surface area contributed by atoms with Crippen molar-refractivity contribution in [1.82, 2.24) is 10.7 Å². The van der Waals surface area contributed by atoms with E-state index >= 15 is 0 Å². The molecule has 0 aliphatic heterocycles. The highest BCUT2D eigenvalue weighted by Gasteiger charge is 2.24. The highest BCUT2D eigenvalue weighted by molar-refractivity contribution is 5.44. The Balaban J connectivity index is 2.92. The fourth-order valence-electron chi connectivity index (χ4n) is 1.90. The van der Waals surface area contributed by atoms with Gasteiger partial charge in [-0.2, -0.15) is 0 Å². The van der Waals surface area contributed by atoms with Crippen LogP contribution in [-0.4, -0.2) is 27.4 Å². The molecule has 0 amide bonds. The Labute approximate surface area is 109 Å². The molecule has 102 valence electrons. The second-order valence-electron chi connectivity index (χ2n) is 4.76. The molecule has 18 heavy (non-hydrogen) atoms. The number of hydrazine groups is 1. The number of rotatable bonds is 7. The molecule has 0 heterocycles. The van der Waals surface area contributed by atoms with E-state index in [2.05, 4.69) is 24.6 Å². The summed E-state index contributed by atoms with van der Waals surface area (Å²) in [5.74, 6) is 6.87. The molecule has 1 rings (SSSR count). The molecule has 4 N–H and O–H groups in total. The van der Waals surface area contributed by atoms with Crippen molar-refractivity contribution >= 4 is 0 Å². The van der Waals surface area contributed by atoms with Crippen molar-refractivity contribution < 1.29 is 9.47 Å². The first-order valence-electron chi connectivity index (χ1n) is 5.92. The zero-order valence-electron chi connectivity index (χ0n) is 11.5. The zero-order chi connectivity index (χ0) is 13.6. The highest BCUT2D eigenvalue weighted by atomic mass is 16.5. The maximum atomic E-state index is 5.43. The summed E-state index contributed by atoms with van der Waals surface area (Å²) in [5, 5.41) is 3.23. The van der Waals surface area contributed by atoms with Crippen LogP contribution in [0.5, 0.6) is 11.5 Å². The van der Waals surface area contributed by atoms with E-state index in [1.54, 1.807) is 14.2 Å². The van der Waals surface area contributed by atoms with Crippen molar-refractivity contribution in [3.63, 3.8) is 0 Å². The summed E-state index contributed by atoms with van der Waals surface area (Å²) in [7, 11) is 3.32. The molecule has 1 aromatic carbocycles. The Kier molecular flexibility index (Phi) is 5.40. The van der Waals surface area contributed by atoms with E-state index in [1.165, 1.54) is 0 Å². The molecule has 0 saturated heterocycles. The number of nitrogens with two attached hydrogens (primary N) is 1. The summed E-state index contributed by atoms with van der Waals surface area (Å²) in [4.78, 5) is 0. The predicted molar refractivity (Wildman–Crippen MR) is 72.8 cm³/mol. The number of hydrogen-bond acceptors (Lipinski definition) is 5. The molecule has 0 aromatic heterocycles. The van der Waals surface area contributed by atoms with Crippen LogP contribution in [0.2, 0.25) is 0 Å². The van der Waals surface area contributed by atoms with Crippen LogP contribution in [0.4, 0.5) is 0 Å². The average Bonchev–Trinajstić information content (AvgIpc) is 2.38. The van der Waals surface area contributed by atoms with Gasteiger partial charge in [0.25, 0.3) is 0 Å². The van der Waals surface area contributed by atoms with E-state index in [9.17, 15) is 0 Å². The third kappa shape index (κ3) is 3.60. The van der Waals surface area contributed by atoms with Crippen LogP contribution in [-0.2, 0) is 5.41 Å². The molecule has 0 saturated carbocycles. The van der Waals surface area contributed by atoms with Gasteiger partial charge < -0.3 is 14.8 Å². The fraction of sp³-hybridized carbons (Fsp3) is 0.538. The molecule has 1 aromatic rings. The number of ether oxygens (including phenoxy) is 2. The largest absolute Gasteiger partial charge is 0.497 e. The minimum Gasteiger partial charge on any atom is -0.497 e. The van der Waals surface area contributed by atoms with E-state index in [1.807, 2.05) is 18.2 Å². The van der Waals surface area contributed by atoms with Crippen LogP contribution in [0, 0.1) is 0 Å². The smallest absolute Gasteiger partial charge is 0.126 e. The van der Waals surface area contributed by atoms with Crippen LogP contribution in [0.15, 0.2) is 18.2 Å². The van der Waals surface area contributed by atoms with Crippen molar-refractivity contribution in [3.05, 3.63) is 23.8 Å². The van der Waals surface area contributed by atoms with Gasteiger partial charge >= 0.3 is 0 Å². The maximum absolute atomic E-state index is 5.43. The Morgan fingerprint density at radius 3 is 2.50 bits per heavy atom. The maximum Gasteiger partial charge on any atom is 0.126 e. The number of benzene rings is 1. The van der Waals surface area contributed by atoms with E-state index < -0.39 is 0 Å². The van der Waals surface area contributed by atoms with E-state index in [0.717, 1.165) is 23.6 Å². The molecule has 0 aliphatic rings. The van der Waals surface area contributed by atoms with Crippen LogP contribution >= 0.6 is 0 Å². The van der Waals surface area contributed by atoms with Gasteiger partial charge in [-0.25, -0.2) is 5.43 Å². The van der Waals surface area contributed by atoms with Crippen molar-refractivity contribution in [1.29, 1.82) is 0 Å². The van der Waals surface area contributed by atoms with Crippen LogP contribution < -0.4 is 26.1 Å². The normalized spacial score (nSPS) is 11.4. The molecule has 0 fully saturated rings. The second-order valence-corrected chi connectivity index (χ2v) is 4.76. The fourth-order valence-corrected chi connectivity index (χ4v) is 1.90. The summed E-state index contributed by atoms with van der Waals surface area (Å²) in [6.45, 7) is 5.67. The molecule has 0 spiro atoms. The Hall–Kier alpha value is -1.30. The molecule has 5 nitrogen and oxygen atoms in total. The van der Waals surface area contributed by atoms with Crippen molar-refractivity contribution in [3.8, 4) is 11.5 Å². The quantitative estimate of drug-likeness (QED) is 0.293. The number of methoxy groups -OCH3 is 2.